The second-order valence-electron chi connectivity index (χ2n) is 2.29. The summed E-state index contributed by atoms with van der Waals surface area (Å²) in [5.41, 5.74) is 1.95. The Morgan fingerprint density at radius 3 is 1.31 bits per heavy atom. The summed E-state index contributed by atoms with van der Waals surface area (Å²) < 4.78 is 0. The zero-order valence-electron chi connectivity index (χ0n) is 7.64. The first-order valence-electron chi connectivity index (χ1n) is 3.49. The molecule has 0 heterocycles. The molecule has 3 heteroatoms. The highest BCUT2D eigenvalue weighted by atomic mass is 15.0. The Bertz CT molecular complexity index is 267. The summed E-state index contributed by atoms with van der Waals surface area (Å²) in [6.07, 6.45) is 0. The maximum absolute atomic E-state index is 3.67. The van der Waals surface area contributed by atoms with Crippen LogP contribution in [-0.2, 0) is 0 Å². The van der Waals surface area contributed by atoms with Gasteiger partial charge >= 0.3 is 0 Å². The molecule has 0 bridgehead atoms. The lowest BCUT2D eigenvalue weighted by molar-refractivity contribution is 0.989. The molecule has 13 heavy (non-hydrogen) atoms. The van der Waals surface area contributed by atoms with Gasteiger partial charge in [0.1, 0.15) is 0 Å². The second kappa shape index (κ2) is 4.87. The predicted octanol–water partition coefficient (Wildman–Crippen LogP) is 2.03. The second-order valence-corrected chi connectivity index (χ2v) is 2.29. The standard InChI is InChI=1S/C10H13N3/c1-7(11-5)9(3)13-10(4)8(2)12-6/h13H,1-6H2. The van der Waals surface area contributed by atoms with Crippen LogP contribution in [0.4, 0.5) is 0 Å². The molecule has 0 radical (unpaired) electrons. The summed E-state index contributed by atoms with van der Waals surface area (Å²) >= 11 is 0. The molecule has 0 aromatic carbocycles. The molecule has 0 amide bonds. The van der Waals surface area contributed by atoms with Crippen LogP contribution in [0.3, 0.4) is 0 Å². The van der Waals surface area contributed by atoms with Gasteiger partial charge in [0, 0.05) is 0 Å². The summed E-state index contributed by atoms with van der Waals surface area (Å²) in [5, 5.41) is 2.83. The molecule has 0 aromatic heterocycles. The van der Waals surface area contributed by atoms with Crippen LogP contribution in [0.2, 0.25) is 0 Å². The molecule has 0 saturated carbocycles. The number of nitrogens with zero attached hydrogens (tertiary/aromatic N) is 2. The van der Waals surface area contributed by atoms with Crippen molar-refractivity contribution in [2.75, 3.05) is 0 Å². The van der Waals surface area contributed by atoms with Crippen LogP contribution in [0.15, 0.2) is 59.1 Å². The molecule has 1 N–H and O–H groups in total. The normalized spacial score (nSPS) is 8.31. The van der Waals surface area contributed by atoms with Gasteiger partial charge in [-0.2, -0.15) is 0 Å². The van der Waals surface area contributed by atoms with E-state index in [1.54, 1.807) is 0 Å². The number of rotatable bonds is 6. The van der Waals surface area contributed by atoms with Crippen molar-refractivity contribution in [2.24, 2.45) is 9.98 Å². The number of hydrogen-bond acceptors (Lipinski definition) is 3. The number of hydrogen-bond donors (Lipinski definition) is 1. The molecular weight excluding hydrogens is 162 g/mol. The third-order valence-electron chi connectivity index (χ3n) is 1.38. The first-order chi connectivity index (χ1) is 6.02. The van der Waals surface area contributed by atoms with Crippen LogP contribution in [0.25, 0.3) is 0 Å². The van der Waals surface area contributed by atoms with Gasteiger partial charge < -0.3 is 5.32 Å². The van der Waals surface area contributed by atoms with E-state index in [9.17, 15) is 0 Å². The first-order valence-corrected chi connectivity index (χ1v) is 3.49. The highest BCUT2D eigenvalue weighted by molar-refractivity contribution is 5.40. The smallest absolute Gasteiger partial charge is 0.0779 e. The minimum Gasteiger partial charge on any atom is -0.353 e. The van der Waals surface area contributed by atoms with Gasteiger partial charge in [0.15, 0.2) is 0 Å². The zero-order valence-corrected chi connectivity index (χ0v) is 7.64. The summed E-state index contributed by atoms with van der Waals surface area (Å²) in [6, 6.07) is 0. The Hall–Kier alpha value is -1.90. The van der Waals surface area contributed by atoms with E-state index in [4.69, 9.17) is 0 Å². The van der Waals surface area contributed by atoms with Crippen molar-refractivity contribution >= 4 is 13.4 Å². The molecule has 68 valence electrons. The lowest BCUT2D eigenvalue weighted by Crippen LogP contribution is -2.12. The fraction of sp³-hybridized carbons (Fsp3) is 0. The van der Waals surface area contributed by atoms with Crippen molar-refractivity contribution in [1.82, 2.24) is 5.32 Å². The molecule has 0 aliphatic heterocycles. The number of aliphatic imine (C=N–C) groups is 2. The van der Waals surface area contributed by atoms with E-state index in [0.29, 0.717) is 22.8 Å². The Morgan fingerprint density at radius 1 is 0.769 bits per heavy atom. The third-order valence-corrected chi connectivity index (χ3v) is 1.38. The molecule has 0 aliphatic rings. The SMILES string of the molecule is C=NC(=C)C(=C)NC(=C)C(=C)N=C. The molecule has 3 nitrogen and oxygen atoms in total. The van der Waals surface area contributed by atoms with Crippen molar-refractivity contribution in [1.29, 1.82) is 0 Å². The van der Waals surface area contributed by atoms with Crippen molar-refractivity contribution in [3.8, 4) is 0 Å². The summed E-state index contributed by atoms with van der Waals surface area (Å²) in [4.78, 5) is 7.21. The van der Waals surface area contributed by atoms with E-state index in [-0.39, 0.29) is 0 Å². The fourth-order valence-electron chi connectivity index (χ4n) is 0.517. The molecule has 0 aliphatic carbocycles. The van der Waals surface area contributed by atoms with Crippen LogP contribution in [0.5, 0.6) is 0 Å². The Balaban J connectivity index is 4.30. The van der Waals surface area contributed by atoms with E-state index >= 15 is 0 Å². The number of nitrogens with one attached hydrogen (secondary N) is 1. The first kappa shape index (κ1) is 11.1. The monoisotopic (exact) mass is 175 g/mol. The van der Waals surface area contributed by atoms with Crippen molar-refractivity contribution in [3.63, 3.8) is 0 Å². The Labute approximate surface area is 78.6 Å². The van der Waals surface area contributed by atoms with Gasteiger partial charge in [-0.25, -0.2) is 0 Å². The highest BCUT2D eigenvalue weighted by Gasteiger charge is 2.00. The average molecular weight is 175 g/mol. The fourth-order valence-corrected chi connectivity index (χ4v) is 0.517. The Morgan fingerprint density at radius 2 is 1.08 bits per heavy atom. The lowest BCUT2D eigenvalue weighted by Gasteiger charge is -2.10. The van der Waals surface area contributed by atoms with E-state index in [1.807, 2.05) is 0 Å². The molecule has 0 atom stereocenters. The predicted molar refractivity (Wildman–Crippen MR) is 58.8 cm³/mol. The zero-order chi connectivity index (χ0) is 10.4. The average Bonchev–Trinajstić information content (AvgIpc) is 2.14. The molecular formula is C10H13N3. The summed E-state index contributed by atoms with van der Waals surface area (Å²) in [7, 11) is 0. The lowest BCUT2D eigenvalue weighted by atomic mass is 10.3. The van der Waals surface area contributed by atoms with Gasteiger partial charge in [0.25, 0.3) is 0 Å². The van der Waals surface area contributed by atoms with Gasteiger partial charge in [-0.15, -0.1) is 0 Å². The molecule has 0 saturated heterocycles. The van der Waals surface area contributed by atoms with Gasteiger partial charge in [-0.1, -0.05) is 26.3 Å². The van der Waals surface area contributed by atoms with E-state index < -0.39 is 0 Å². The van der Waals surface area contributed by atoms with Crippen molar-refractivity contribution in [3.05, 3.63) is 49.1 Å². The van der Waals surface area contributed by atoms with Gasteiger partial charge in [0.2, 0.25) is 0 Å². The maximum Gasteiger partial charge on any atom is 0.0779 e. The molecule has 0 aromatic rings. The van der Waals surface area contributed by atoms with Crippen LogP contribution in [0, 0.1) is 0 Å². The van der Waals surface area contributed by atoms with Gasteiger partial charge in [-0.3, -0.25) is 9.98 Å². The van der Waals surface area contributed by atoms with E-state index in [2.05, 4.69) is 55.1 Å². The molecule has 0 spiro atoms. The summed E-state index contributed by atoms with van der Waals surface area (Å²) in [6.45, 7) is 21.2. The minimum absolute atomic E-state index is 0.456. The van der Waals surface area contributed by atoms with Crippen LogP contribution in [-0.4, -0.2) is 13.4 Å². The van der Waals surface area contributed by atoms with Gasteiger partial charge in [0.05, 0.1) is 22.8 Å². The molecule has 0 fully saturated rings. The topological polar surface area (TPSA) is 36.8 Å². The minimum atomic E-state index is 0.456. The van der Waals surface area contributed by atoms with Crippen molar-refractivity contribution < 1.29 is 0 Å². The molecule has 0 unspecified atom stereocenters. The maximum atomic E-state index is 3.67. The van der Waals surface area contributed by atoms with Crippen LogP contribution < -0.4 is 5.32 Å². The van der Waals surface area contributed by atoms with Crippen LogP contribution in [0.1, 0.15) is 0 Å². The summed E-state index contributed by atoms with van der Waals surface area (Å²) in [5.74, 6) is 0. The third kappa shape index (κ3) is 3.33. The molecule has 0 rings (SSSR count). The van der Waals surface area contributed by atoms with Crippen LogP contribution >= 0.6 is 0 Å². The van der Waals surface area contributed by atoms with Gasteiger partial charge in [-0.05, 0) is 13.4 Å². The quantitative estimate of drug-likeness (QED) is 0.486. The van der Waals surface area contributed by atoms with Crippen molar-refractivity contribution in [2.45, 2.75) is 0 Å². The highest BCUT2D eigenvalue weighted by Crippen LogP contribution is 2.08. The largest absolute Gasteiger partial charge is 0.353 e. The Kier molecular flexibility index (Phi) is 4.16. The van der Waals surface area contributed by atoms with E-state index in [1.165, 1.54) is 0 Å². The van der Waals surface area contributed by atoms with E-state index in [0.717, 1.165) is 0 Å².